The van der Waals surface area contributed by atoms with Gasteiger partial charge in [0.05, 0.1) is 34.1 Å². The summed E-state index contributed by atoms with van der Waals surface area (Å²) in [5, 5.41) is 31.5. The normalized spacial score (nSPS) is 23.2. The van der Waals surface area contributed by atoms with Crippen LogP contribution in [0, 0.1) is 11.3 Å². The Morgan fingerprint density at radius 2 is 2.19 bits per heavy atom. The van der Waals surface area contributed by atoms with Gasteiger partial charge in [0.15, 0.2) is 11.5 Å². The van der Waals surface area contributed by atoms with Crippen molar-refractivity contribution in [3.8, 4) is 6.07 Å². The van der Waals surface area contributed by atoms with Crippen molar-refractivity contribution in [3.05, 3.63) is 35.1 Å². The lowest BCUT2D eigenvalue weighted by Crippen LogP contribution is -2.59. The van der Waals surface area contributed by atoms with Crippen LogP contribution in [-0.2, 0) is 0 Å². The zero-order valence-corrected chi connectivity index (χ0v) is 18.3. The van der Waals surface area contributed by atoms with E-state index in [0.29, 0.717) is 64.9 Å². The first-order chi connectivity index (χ1) is 15.3. The Hall–Kier alpha value is -3.13. The second-order valence-electron chi connectivity index (χ2n) is 8.71. The molecule has 5 rings (SSSR count). The first-order valence-electron chi connectivity index (χ1n) is 10.5. The molecule has 0 radical (unpaired) electrons. The number of fused-ring (bicyclic) bond motifs is 1. The summed E-state index contributed by atoms with van der Waals surface area (Å²) >= 11 is 6.75. The number of nitrogens with one attached hydrogen (secondary N) is 2. The van der Waals surface area contributed by atoms with Gasteiger partial charge in [0.25, 0.3) is 0 Å². The predicted octanol–water partition coefficient (Wildman–Crippen LogP) is 2.26. The van der Waals surface area contributed by atoms with Crippen LogP contribution in [0.15, 0.2) is 24.5 Å². The second-order valence-corrected chi connectivity index (χ2v) is 9.09. The fourth-order valence-corrected chi connectivity index (χ4v) is 4.06. The first kappa shape index (κ1) is 20.8. The molecule has 0 spiro atoms. The molecular formula is C21H24ClN9O. The van der Waals surface area contributed by atoms with Crippen LogP contribution in [0.2, 0.25) is 5.02 Å². The van der Waals surface area contributed by atoms with Crippen molar-refractivity contribution in [1.82, 2.24) is 19.6 Å². The number of imidazole rings is 1. The summed E-state index contributed by atoms with van der Waals surface area (Å²) in [6, 6.07) is 5.96. The number of aliphatic hydroxyl groups excluding tert-OH is 1. The van der Waals surface area contributed by atoms with Gasteiger partial charge in [-0.1, -0.05) is 11.6 Å². The number of hydrogen-bond acceptors (Lipinski definition) is 9. The van der Waals surface area contributed by atoms with Crippen LogP contribution in [0.25, 0.3) is 5.65 Å². The molecule has 3 aromatic rings. The van der Waals surface area contributed by atoms with E-state index in [0.717, 1.165) is 12.8 Å². The lowest BCUT2D eigenvalue weighted by Gasteiger charge is -2.42. The Kier molecular flexibility index (Phi) is 5.04. The average Bonchev–Trinajstić information content (AvgIpc) is 3.45. The highest BCUT2D eigenvalue weighted by Gasteiger charge is 2.35. The van der Waals surface area contributed by atoms with Gasteiger partial charge in [-0.15, -0.1) is 5.10 Å². The number of rotatable bonds is 5. The minimum atomic E-state index is -0.711. The maximum Gasteiger partial charge on any atom is 0.247 e. The summed E-state index contributed by atoms with van der Waals surface area (Å²) in [5.41, 5.74) is 7.76. The molecule has 1 aliphatic heterocycles. The number of anilines is 4. The molecule has 1 aromatic carbocycles. The van der Waals surface area contributed by atoms with Gasteiger partial charge in [-0.3, -0.25) is 0 Å². The van der Waals surface area contributed by atoms with E-state index in [2.05, 4.69) is 31.8 Å². The number of nitrogens with zero attached hydrogens (tertiary/aromatic N) is 6. The summed E-state index contributed by atoms with van der Waals surface area (Å²) in [5.74, 6) is 0.971. The van der Waals surface area contributed by atoms with Gasteiger partial charge >= 0.3 is 0 Å². The number of hydrogen-bond donors (Lipinski definition) is 4. The van der Waals surface area contributed by atoms with E-state index in [1.165, 1.54) is 0 Å². The van der Waals surface area contributed by atoms with Gasteiger partial charge in [-0.05, 0) is 38.3 Å². The first-order valence-corrected chi connectivity index (χ1v) is 10.9. The van der Waals surface area contributed by atoms with E-state index in [9.17, 15) is 10.4 Å². The molecule has 10 nitrogen and oxygen atoms in total. The van der Waals surface area contributed by atoms with E-state index >= 15 is 0 Å². The van der Waals surface area contributed by atoms with Crippen molar-refractivity contribution < 1.29 is 5.11 Å². The summed E-state index contributed by atoms with van der Waals surface area (Å²) in [6.45, 7) is 2.78. The largest absolute Gasteiger partial charge is 0.389 e. The topological polar surface area (TPSA) is 140 Å². The van der Waals surface area contributed by atoms with Crippen molar-refractivity contribution in [2.75, 3.05) is 28.6 Å². The molecule has 2 atom stereocenters. The van der Waals surface area contributed by atoms with Gasteiger partial charge in [0.1, 0.15) is 0 Å². The van der Waals surface area contributed by atoms with E-state index in [4.69, 9.17) is 17.3 Å². The smallest absolute Gasteiger partial charge is 0.247 e. The molecule has 1 saturated heterocycles. The van der Waals surface area contributed by atoms with Crippen molar-refractivity contribution in [2.45, 2.75) is 43.9 Å². The summed E-state index contributed by atoms with van der Waals surface area (Å²) in [7, 11) is 0. The molecule has 2 fully saturated rings. The van der Waals surface area contributed by atoms with E-state index in [1.807, 2.05) is 11.8 Å². The number of aliphatic hydroxyl groups is 1. The van der Waals surface area contributed by atoms with Crippen molar-refractivity contribution in [3.63, 3.8) is 0 Å². The number of aromatic nitrogens is 4. The highest BCUT2D eigenvalue weighted by atomic mass is 35.5. The lowest BCUT2D eigenvalue weighted by atomic mass is 9.88. The quantitative estimate of drug-likeness (QED) is 0.457. The number of nitrogens with two attached hydrogens (primary N) is 1. The molecule has 0 amide bonds. The number of piperidine rings is 1. The van der Waals surface area contributed by atoms with Crippen LogP contribution in [0.5, 0.6) is 0 Å². The predicted molar refractivity (Wildman–Crippen MR) is 122 cm³/mol. The Balaban J connectivity index is 1.49. The van der Waals surface area contributed by atoms with Crippen LogP contribution in [0.3, 0.4) is 0 Å². The standard InChI is InChI=1S/C21H24ClN9O/c1-21(24)4-6-30(11-16(21)32)15-9-12(10-23)8-14(17(15)22)27-20-28-18(26-13-2-3-13)19-25-5-7-31(19)29-20/h5,7-9,13,16,32H,2-4,6,11,24H2,1H3,(H2,26,27,28,29)/t16-,21-/m0/s1. The van der Waals surface area contributed by atoms with Crippen LogP contribution < -0.4 is 21.3 Å². The van der Waals surface area contributed by atoms with Gasteiger partial charge in [-0.25, -0.2) is 9.50 Å². The molecular weight excluding hydrogens is 430 g/mol. The number of nitriles is 1. The van der Waals surface area contributed by atoms with Crippen LogP contribution in [0.1, 0.15) is 31.7 Å². The third-order valence-corrected chi connectivity index (χ3v) is 6.41. The van der Waals surface area contributed by atoms with Gasteiger partial charge in [0, 0.05) is 37.1 Å². The maximum absolute atomic E-state index is 10.5. The molecule has 2 aliphatic rings. The fourth-order valence-electron chi connectivity index (χ4n) is 3.78. The molecule has 11 heteroatoms. The maximum atomic E-state index is 10.5. The summed E-state index contributed by atoms with van der Waals surface area (Å²) in [4.78, 5) is 10.9. The lowest BCUT2D eigenvalue weighted by molar-refractivity contribution is 0.0795. The summed E-state index contributed by atoms with van der Waals surface area (Å²) < 4.78 is 1.64. The molecule has 1 saturated carbocycles. The Morgan fingerprint density at radius 3 is 2.91 bits per heavy atom. The van der Waals surface area contributed by atoms with E-state index in [-0.39, 0.29) is 0 Å². The summed E-state index contributed by atoms with van der Waals surface area (Å²) in [6.07, 6.45) is 5.50. The van der Waals surface area contributed by atoms with Crippen LogP contribution in [0.4, 0.5) is 23.1 Å². The molecule has 3 heterocycles. The molecule has 2 aromatic heterocycles. The molecule has 32 heavy (non-hydrogen) atoms. The van der Waals surface area contributed by atoms with E-state index in [1.54, 1.807) is 29.0 Å². The van der Waals surface area contributed by atoms with Crippen LogP contribution >= 0.6 is 11.6 Å². The Labute approximate surface area is 190 Å². The number of β-amino-alcohol motifs (C(OH)–C–C–N with tert-alkyl or cyclic N) is 1. The van der Waals surface area contributed by atoms with Gasteiger partial charge in [0.2, 0.25) is 5.95 Å². The fraction of sp³-hybridized carbons (Fsp3) is 0.429. The SMILES string of the molecule is C[C@]1(N)CCN(c2cc(C#N)cc(Nc3nc(NC4CC4)c4nccn4n3)c2Cl)C[C@@H]1O. The average molecular weight is 454 g/mol. The highest BCUT2D eigenvalue weighted by molar-refractivity contribution is 6.36. The molecule has 0 unspecified atom stereocenters. The Morgan fingerprint density at radius 1 is 1.38 bits per heavy atom. The minimum Gasteiger partial charge on any atom is -0.389 e. The van der Waals surface area contributed by atoms with Crippen molar-refractivity contribution in [1.29, 1.82) is 5.26 Å². The third kappa shape index (κ3) is 3.90. The third-order valence-electron chi connectivity index (χ3n) is 6.02. The monoisotopic (exact) mass is 453 g/mol. The molecule has 0 bridgehead atoms. The van der Waals surface area contributed by atoms with Gasteiger partial charge < -0.3 is 26.4 Å². The molecule has 166 valence electrons. The zero-order valence-electron chi connectivity index (χ0n) is 17.6. The van der Waals surface area contributed by atoms with Crippen LogP contribution in [-0.4, -0.2) is 55.5 Å². The molecule has 5 N–H and O–H groups in total. The Bertz CT molecular complexity index is 1210. The molecule has 1 aliphatic carbocycles. The van der Waals surface area contributed by atoms with Crippen molar-refractivity contribution >= 4 is 40.4 Å². The minimum absolute atomic E-state index is 0.327. The van der Waals surface area contributed by atoms with E-state index < -0.39 is 11.6 Å². The number of halogens is 1. The second kappa shape index (κ2) is 7.78. The zero-order chi connectivity index (χ0) is 22.5. The van der Waals surface area contributed by atoms with Gasteiger partial charge in [-0.2, -0.15) is 10.2 Å². The number of benzene rings is 1. The van der Waals surface area contributed by atoms with Crippen molar-refractivity contribution in [2.24, 2.45) is 5.73 Å². The highest BCUT2D eigenvalue weighted by Crippen LogP contribution is 2.38.